The monoisotopic (exact) mass is 363 g/mol. The number of hydrogen-bond acceptors (Lipinski definition) is 4. The fourth-order valence-corrected chi connectivity index (χ4v) is 3.40. The summed E-state index contributed by atoms with van der Waals surface area (Å²) in [7, 11) is 0. The van der Waals surface area contributed by atoms with E-state index in [9.17, 15) is 15.2 Å². The van der Waals surface area contributed by atoms with Crippen LogP contribution in [0.4, 0.5) is 0 Å². The number of nitrogens with zero attached hydrogens (tertiary/aromatic N) is 1. The van der Waals surface area contributed by atoms with Gasteiger partial charge in [0.25, 0.3) is 0 Å². The fraction of sp³-hybridized carbons (Fsp3) is 0.364. The molecule has 0 saturated carbocycles. The summed E-state index contributed by atoms with van der Waals surface area (Å²) in [6, 6.07) is 17.2. The first-order valence-corrected chi connectivity index (χ1v) is 9.42. The molecule has 1 saturated heterocycles. The predicted octanol–water partition coefficient (Wildman–Crippen LogP) is 2.54. The lowest BCUT2D eigenvalue weighted by Crippen LogP contribution is -2.49. The molecule has 5 heteroatoms. The molecule has 0 radical (unpaired) electrons. The average molecular weight is 363 g/mol. The van der Waals surface area contributed by atoms with E-state index in [1.165, 1.54) is 0 Å². The van der Waals surface area contributed by atoms with E-state index in [-0.39, 0.29) is 18.6 Å². The third-order valence-electron chi connectivity index (χ3n) is 4.94. The molecule has 2 aromatic rings. The van der Waals surface area contributed by atoms with Gasteiger partial charge in [0.15, 0.2) is 0 Å². The highest BCUT2D eigenvalue weighted by Gasteiger charge is 2.22. The first-order valence-electron chi connectivity index (χ1n) is 9.42. The SMILES string of the molecule is N#CC(Cc1ccc(-c2cccc(CO)c2)cc1)NC(=O)[C@@H]1CCCCN1. The lowest BCUT2D eigenvalue weighted by atomic mass is 9.99. The van der Waals surface area contributed by atoms with Crippen LogP contribution in [-0.2, 0) is 17.8 Å². The number of hydrogen-bond donors (Lipinski definition) is 3. The van der Waals surface area contributed by atoms with Crippen molar-refractivity contribution in [2.45, 2.75) is 44.4 Å². The summed E-state index contributed by atoms with van der Waals surface area (Å²) < 4.78 is 0. The Morgan fingerprint density at radius 1 is 1.19 bits per heavy atom. The number of nitrogens with one attached hydrogen (secondary N) is 2. The second-order valence-corrected chi connectivity index (χ2v) is 6.95. The number of aliphatic hydroxyl groups is 1. The molecule has 1 aliphatic heterocycles. The van der Waals surface area contributed by atoms with Crippen LogP contribution in [0.2, 0.25) is 0 Å². The molecular formula is C22H25N3O2. The normalized spacial score (nSPS) is 17.7. The van der Waals surface area contributed by atoms with Crippen molar-refractivity contribution in [3.63, 3.8) is 0 Å². The van der Waals surface area contributed by atoms with E-state index in [1.807, 2.05) is 48.5 Å². The minimum atomic E-state index is -0.537. The van der Waals surface area contributed by atoms with Crippen LogP contribution in [0.3, 0.4) is 0 Å². The van der Waals surface area contributed by atoms with Crippen molar-refractivity contribution >= 4 is 5.91 Å². The lowest BCUT2D eigenvalue weighted by molar-refractivity contribution is -0.124. The van der Waals surface area contributed by atoms with Gasteiger partial charge in [0, 0.05) is 6.42 Å². The number of aliphatic hydroxyl groups excluding tert-OH is 1. The number of nitriles is 1. The summed E-state index contributed by atoms with van der Waals surface area (Å²) in [5.41, 5.74) is 3.97. The highest BCUT2D eigenvalue weighted by Crippen LogP contribution is 2.21. The van der Waals surface area contributed by atoms with Gasteiger partial charge in [0.2, 0.25) is 5.91 Å². The summed E-state index contributed by atoms with van der Waals surface area (Å²) in [5, 5.41) is 24.8. The maximum absolute atomic E-state index is 12.3. The van der Waals surface area contributed by atoms with E-state index >= 15 is 0 Å². The van der Waals surface area contributed by atoms with Gasteiger partial charge in [-0.25, -0.2) is 0 Å². The van der Waals surface area contributed by atoms with Crippen LogP contribution in [0.15, 0.2) is 48.5 Å². The zero-order chi connectivity index (χ0) is 19.1. The Morgan fingerprint density at radius 3 is 2.67 bits per heavy atom. The summed E-state index contributed by atoms with van der Waals surface area (Å²) in [6.45, 7) is 0.875. The van der Waals surface area contributed by atoms with E-state index in [4.69, 9.17) is 0 Å². The molecule has 1 heterocycles. The molecule has 2 atom stereocenters. The fourth-order valence-electron chi connectivity index (χ4n) is 3.40. The number of benzene rings is 2. The highest BCUT2D eigenvalue weighted by molar-refractivity contribution is 5.82. The molecule has 5 nitrogen and oxygen atoms in total. The third-order valence-corrected chi connectivity index (χ3v) is 4.94. The van der Waals surface area contributed by atoms with Crippen LogP contribution in [0.1, 0.15) is 30.4 Å². The van der Waals surface area contributed by atoms with Gasteiger partial charge in [-0.2, -0.15) is 5.26 Å². The molecule has 27 heavy (non-hydrogen) atoms. The second-order valence-electron chi connectivity index (χ2n) is 6.95. The Morgan fingerprint density at radius 2 is 2.00 bits per heavy atom. The summed E-state index contributed by atoms with van der Waals surface area (Å²) in [6.07, 6.45) is 3.44. The molecule has 2 aromatic carbocycles. The van der Waals surface area contributed by atoms with Gasteiger partial charge in [-0.3, -0.25) is 4.79 Å². The molecule has 1 unspecified atom stereocenters. The van der Waals surface area contributed by atoms with Gasteiger partial charge in [0.1, 0.15) is 6.04 Å². The molecule has 1 fully saturated rings. The van der Waals surface area contributed by atoms with Crippen molar-refractivity contribution in [2.75, 3.05) is 6.54 Å². The van der Waals surface area contributed by atoms with Crippen LogP contribution < -0.4 is 10.6 Å². The van der Waals surface area contributed by atoms with Gasteiger partial charge in [-0.1, -0.05) is 48.9 Å². The number of carbonyl (C=O) groups is 1. The number of amides is 1. The molecule has 0 bridgehead atoms. The van der Waals surface area contributed by atoms with Crippen LogP contribution in [0, 0.1) is 11.3 Å². The molecule has 3 rings (SSSR count). The third kappa shape index (κ3) is 5.16. The largest absolute Gasteiger partial charge is 0.392 e. The zero-order valence-electron chi connectivity index (χ0n) is 15.3. The van der Waals surface area contributed by atoms with E-state index in [1.54, 1.807) is 0 Å². The van der Waals surface area contributed by atoms with E-state index in [0.717, 1.165) is 48.1 Å². The smallest absolute Gasteiger partial charge is 0.238 e. The Labute approximate surface area is 160 Å². The molecule has 1 aliphatic rings. The van der Waals surface area contributed by atoms with Crippen LogP contribution in [-0.4, -0.2) is 29.6 Å². The number of piperidine rings is 1. The lowest BCUT2D eigenvalue weighted by Gasteiger charge is -2.23. The number of rotatable bonds is 6. The quantitative estimate of drug-likeness (QED) is 0.736. The van der Waals surface area contributed by atoms with Gasteiger partial charge >= 0.3 is 0 Å². The molecule has 3 N–H and O–H groups in total. The van der Waals surface area contributed by atoms with Crippen LogP contribution in [0.5, 0.6) is 0 Å². The first-order chi connectivity index (χ1) is 13.2. The van der Waals surface area contributed by atoms with Gasteiger partial charge in [0.05, 0.1) is 18.7 Å². The van der Waals surface area contributed by atoms with Crippen LogP contribution in [0.25, 0.3) is 11.1 Å². The van der Waals surface area contributed by atoms with Gasteiger partial charge < -0.3 is 15.7 Å². The first kappa shape index (κ1) is 19.1. The average Bonchev–Trinajstić information content (AvgIpc) is 2.74. The molecule has 140 valence electrons. The van der Waals surface area contributed by atoms with Crippen molar-refractivity contribution in [3.05, 3.63) is 59.7 Å². The zero-order valence-corrected chi connectivity index (χ0v) is 15.3. The Kier molecular flexibility index (Phi) is 6.59. The molecule has 0 aromatic heterocycles. The van der Waals surface area contributed by atoms with E-state index < -0.39 is 6.04 Å². The Hall–Kier alpha value is -2.68. The Bertz CT molecular complexity index is 805. The van der Waals surface area contributed by atoms with Crippen molar-refractivity contribution < 1.29 is 9.90 Å². The van der Waals surface area contributed by atoms with Crippen molar-refractivity contribution in [1.82, 2.24) is 10.6 Å². The minimum absolute atomic E-state index is 0.0192. The topological polar surface area (TPSA) is 85.2 Å². The standard InChI is InChI=1S/C22H25N3O2/c23-14-20(25-22(27)21-6-1-2-11-24-21)13-16-7-9-18(10-8-16)19-5-3-4-17(12-19)15-26/h3-5,7-10,12,20-21,24,26H,1-2,6,11,13,15H2,(H,25,27)/t20?,21-/m0/s1. The predicted molar refractivity (Wildman–Crippen MR) is 105 cm³/mol. The van der Waals surface area contributed by atoms with E-state index in [2.05, 4.69) is 16.7 Å². The maximum Gasteiger partial charge on any atom is 0.238 e. The van der Waals surface area contributed by atoms with Gasteiger partial charge in [-0.05, 0) is 47.7 Å². The minimum Gasteiger partial charge on any atom is -0.392 e. The molecule has 1 amide bonds. The van der Waals surface area contributed by atoms with Crippen molar-refractivity contribution in [2.24, 2.45) is 0 Å². The van der Waals surface area contributed by atoms with Crippen LogP contribution >= 0.6 is 0 Å². The highest BCUT2D eigenvalue weighted by atomic mass is 16.3. The number of carbonyl (C=O) groups excluding carboxylic acids is 1. The summed E-state index contributed by atoms with van der Waals surface area (Å²) in [5.74, 6) is -0.0845. The Balaban J connectivity index is 1.62. The second kappa shape index (κ2) is 9.31. The summed E-state index contributed by atoms with van der Waals surface area (Å²) >= 11 is 0. The maximum atomic E-state index is 12.3. The molecule has 0 aliphatic carbocycles. The van der Waals surface area contributed by atoms with E-state index in [0.29, 0.717) is 6.42 Å². The van der Waals surface area contributed by atoms with Gasteiger partial charge in [-0.15, -0.1) is 0 Å². The van der Waals surface area contributed by atoms with Crippen molar-refractivity contribution in [1.29, 1.82) is 5.26 Å². The summed E-state index contributed by atoms with van der Waals surface area (Å²) in [4.78, 5) is 12.3. The molecular weight excluding hydrogens is 338 g/mol. The molecule has 0 spiro atoms. The van der Waals surface area contributed by atoms with Crippen molar-refractivity contribution in [3.8, 4) is 17.2 Å².